The van der Waals surface area contributed by atoms with Crippen LogP contribution in [0, 0.1) is 13.8 Å². The maximum Gasteiger partial charge on any atom is 0.214 e. The van der Waals surface area contributed by atoms with Crippen LogP contribution in [0.2, 0.25) is 0 Å². The van der Waals surface area contributed by atoms with E-state index in [1.165, 1.54) is 5.52 Å². The molecule has 4 rings (SSSR count). The zero-order valence-corrected chi connectivity index (χ0v) is 13.3. The highest BCUT2D eigenvalue weighted by Gasteiger charge is 2.08. The van der Waals surface area contributed by atoms with Crippen LogP contribution in [0.15, 0.2) is 30.5 Å². The van der Waals surface area contributed by atoms with Crippen LogP contribution in [0.5, 0.6) is 0 Å². The van der Waals surface area contributed by atoms with Crippen molar-refractivity contribution >= 4 is 32.5 Å². The van der Waals surface area contributed by atoms with Crippen LogP contribution in [0.25, 0.3) is 16.0 Å². The molecule has 0 aliphatic rings. The number of benzene rings is 1. The number of hydrogen-bond acceptors (Lipinski definition) is 5. The predicted molar refractivity (Wildman–Crippen MR) is 88.6 cm³/mol. The minimum absolute atomic E-state index is 0.802. The van der Waals surface area contributed by atoms with Gasteiger partial charge in [-0.3, -0.25) is 0 Å². The molecule has 4 aromatic rings. The van der Waals surface area contributed by atoms with E-state index in [-0.39, 0.29) is 0 Å². The molecular weight excluding hydrogens is 296 g/mol. The molecule has 22 heavy (non-hydrogen) atoms. The summed E-state index contributed by atoms with van der Waals surface area (Å²) < 4.78 is 4.05. The third-order valence-corrected chi connectivity index (χ3v) is 4.50. The summed E-state index contributed by atoms with van der Waals surface area (Å²) in [6.07, 6.45) is 1.94. The smallest absolute Gasteiger partial charge is 0.214 e. The highest BCUT2D eigenvalue weighted by Crippen LogP contribution is 2.19. The van der Waals surface area contributed by atoms with Gasteiger partial charge in [0.2, 0.25) is 10.1 Å². The number of nitrogens with zero attached hydrogens (tertiary/aromatic N) is 5. The van der Waals surface area contributed by atoms with E-state index in [2.05, 4.69) is 31.0 Å². The van der Waals surface area contributed by atoms with Crippen molar-refractivity contribution in [2.45, 2.75) is 20.4 Å². The predicted octanol–water partition coefficient (Wildman–Crippen LogP) is 2.87. The molecule has 0 radical (unpaired) electrons. The summed E-state index contributed by atoms with van der Waals surface area (Å²) in [5.41, 5.74) is 3.21. The highest BCUT2D eigenvalue weighted by molar-refractivity contribution is 7.20. The fraction of sp³-hybridized carbons (Fsp3) is 0.267. The molecule has 0 unspecified atom stereocenters. The van der Waals surface area contributed by atoms with Gasteiger partial charge in [-0.05, 0) is 26.0 Å². The van der Waals surface area contributed by atoms with Crippen LogP contribution < -0.4 is 5.32 Å². The number of rotatable bonds is 4. The monoisotopic (exact) mass is 312 g/mol. The molecule has 0 bridgehead atoms. The first-order chi connectivity index (χ1) is 10.7. The van der Waals surface area contributed by atoms with Crippen molar-refractivity contribution in [2.24, 2.45) is 0 Å². The normalized spacial score (nSPS) is 11.5. The minimum atomic E-state index is 0.802. The van der Waals surface area contributed by atoms with E-state index >= 15 is 0 Å². The van der Waals surface area contributed by atoms with Crippen LogP contribution >= 0.6 is 11.3 Å². The van der Waals surface area contributed by atoms with Crippen LogP contribution in [-0.4, -0.2) is 30.7 Å². The van der Waals surface area contributed by atoms with Crippen LogP contribution in [-0.2, 0) is 6.54 Å². The molecule has 0 saturated heterocycles. The van der Waals surface area contributed by atoms with E-state index in [1.54, 1.807) is 11.3 Å². The Morgan fingerprint density at radius 3 is 2.91 bits per heavy atom. The van der Waals surface area contributed by atoms with Crippen molar-refractivity contribution in [2.75, 3.05) is 11.9 Å². The number of aryl methyl sites for hydroxylation is 2. The maximum atomic E-state index is 4.58. The molecule has 7 heteroatoms. The van der Waals surface area contributed by atoms with Gasteiger partial charge in [-0.15, -0.1) is 5.10 Å². The summed E-state index contributed by atoms with van der Waals surface area (Å²) in [5, 5.41) is 8.73. The maximum absolute atomic E-state index is 4.58. The van der Waals surface area contributed by atoms with Gasteiger partial charge in [0.15, 0.2) is 0 Å². The van der Waals surface area contributed by atoms with Crippen molar-refractivity contribution in [3.05, 3.63) is 42.0 Å². The standard InChI is InChI=1S/C15H16N6S/c1-10-9-21-15(17-10)22-14(19-21)16-7-8-20-11(2)18-12-5-3-4-6-13(12)20/h3-6,9H,7-8H2,1-2H3,(H,16,19). The molecular formula is C15H16N6S. The Balaban J connectivity index is 1.49. The Bertz CT molecular complexity index is 916. The molecule has 0 aliphatic carbocycles. The summed E-state index contributed by atoms with van der Waals surface area (Å²) >= 11 is 1.57. The Morgan fingerprint density at radius 1 is 1.18 bits per heavy atom. The third-order valence-electron chi connectivity index (χ3n) is 3.62. The molecule has 112 valence electrons. The first-order valence-corrected chi connectivity index (χ1v) is 8.01. The fourth-order valence-electron chi connectivity index (χ4n) is 2.63. The molecule has 3 heterocycles. The second-order valence-electron chi connectivity index (χ2n) is 5.24. The average molecular weight is 312 g/mol. The number of para-hydroxylation sites is 2. The lowest BCUT2D eigenvalue weighted by Gasteiger charge is -2.07. The number of nitrogens with one attached hydrogen (secondary N) is 1. The van der Waals surface area contributed by atoms with Gasteiger partial charge in [0.1, 0.15) is 5.82 Å². The van der Waals surface area contributed by atoms with Crippen LogP contribution in [0.3, 0.4) is 0 Å². The van der Waals surface area contributed by atoms with E-state index in [1.807, 2.05) is 42.8 Å². The lowest BCUT2D eigenvalue weighted by Crippen LogP contribution is -2.11. The van der Waals surface area contributed by atoms with Crippen molar-refractivity contribution in [3.63, 3.8) is 0 Å². The minimum Gasteiger partial charge on any atom is -0.358 e. The van der Waals surface area contributed by atoms with Gasteiger partial charge >= 0.3 is 0 Å². The van der Waals surface area contributed by atoms with Gasteiger partial charge in [-0.1, -0.05) is 23.5 Å². The summed E-state index contributed by atoms with van der Waals surface area (Å²) in [6, 6.07) is 8.22. The highest BCUT2D eigenvalue weighted by atomic mass is 32.1. The van der Waals surface area contributed by atoms with Gasteiger partial charge in [0, 0.05) is 13.1 Å². The second kappa shape index (κ2) is 5.10. The van der Waals surface area contributed by atoms with Gasteiger partial charge in [-0.25, -0.2) is 14.5 Å². The molecule has 1 aromatic carbocycles. The second-order valence-corrected chi connectivity index (χ2v) is 6.20. The molecule has 0 fully saturated rings. The Labute approximate surface area is 131 Å². The number of hydrogen-bond donors (Lipinski definition) is 1. The lowest BCUT2D eigenvalue weighted by atomic mass is 10.3. The van der Waals surface area contributed by atoms with Gasteiger partial charge in [0.25, 0.3) is 0 Å². The molecule has 6 nitrogen and oxygen atoms in total. The molecule has 0 amide bonds. The molecule has 0 atom stereocenters. The van der Waals surface area contributed by atoms with Gasteiger partial charge in [0.05, 0.1) is 22.9 Å². The molecule has 0 aliphatic heterocycles. The van der Waals surface area contributed by atoms with E-state index in [9.17, 15) is 0 Å². The van der Waals surface area contributed by atoms with Gasteiger partial charge in [-0.2, -0.15) is 0 Å². The third kappa shape index (κ3) is 2.23. The molecule has 1 N–H and O–H groups in total. The van der Waals surface area contributed by atoms with E-state index in [4.69, 9.17) is 0 Å². The molecule has 0 spiro atoms. The first-order valence-electron chi connectivity index (χ1n) is 7.19. The van der Waals surface area contributed by atoms with E-state index in [0.29, 0.717) is 0 Å². The quantitative estimate of drug-likeness (QED) is 0.629. The Hall–Kier alpha value is -2.41. The number of aromatic nitrogens is 5. The largest absolute Gasteiger partial charge is 0.358 e. The van der Waals surface area contributed by atoms with E-state index in [0.717, 1.165) is 40.2 Å². The summed E-state index contributed by atoms with van der Waals surface area (Å²) in [6.45, 7) is 5.67. The number of imidazole rings is 2. The zero-order valence-electron chi connectivity index (χ0n) is 12.4. The van der Waals surface area contributed by atoms with E-state index < -0.39 is 0 Å². The van der Waals surface area contributed by atoms with Crippen molar-refractivity contribution in [3.8, 4) is 0 Å². The van der Waals surface area contributed by atoms with Crippen LogP contribution in [0.4, 0.5) is 5.13 Å². The number of fused-ring (bicyclic) bond motifs is 2. The Morgan fingerprint density at radius 2 is 2.05 bits per heavy atom. The van der Waals surface area contributed by atoms with Crippen molar-refractivity contribution in [1.82, 2.24) is 24.1 Å². The molecule has 0 saturated carbocycles. The SMILES string of the molecule is Cc1cn2nc(NCCn3c(C)nc4ccccc43)sc2n1. The average Bonchev–Trinajstić information content (AvgIpc) is 3.10. The fourth-order valence-corrected chi connectivity index (χ4v) is 3.49. The van der Waals surface area contributed by atoms with Crippen LogP contribution in [0.1, 0.15) is 11.5 Å². The Kier molecular flexibility index (Phi) is 3.07. The van der Waals surface area contributed by atoms with Gasteiger partial charge < -0.3 is 9.88 Å². The van der Waals surface area contributed by atoms with Crippen molar-refractivity contribution in [1.29, 1.82) is 0 Å². The summed E-state index contributed by atoms with van der Waals surface area (Å²) in [7, 11) is 0. The molecule has 3 aromatic heterocycles. The lowest BCUT2D eigenvalue weighted by molar-refractivity contribution is 0.720. The topological polar surface area (TPSA) is 60.0 Å². The first kappa shape index (κ1) is 13.3. The summed E-state index contributed by atoms with van der Waals surface area (Å²) in [5.74, 6) is 1.03. The number of anilines is 1. The zero-order chi connectivity index (χ0) is 15.1. The van der Waals surface area contributed by atoms with Crippen molar-refractivity contribution < 1.29 is 0 Å². The summed E-state index contributed by atoms with van der Waals surface area (Å²) in [4.78, 5) is 9.91.